The highest BCUT2D eigenvalue weighted by Gasteiger charge is 2.20. The van der Waals surface area contributed by atoms with Crippen LogP contribution in [0.4, 0.5) is 0 Å². The minimum atomic E-state index is -0.722. The molecular formula is C22H20N2O3. The van der Waals surface area contributed by atoms with E-state index in [-0.39, 0.29) is 17.7 Å². The first kappa shape index (κ1) is 18.4. The number of aryl methyl sites for hydroxylation is 3. The van der Waals surface area contributed by atoms with Gasteiger partial charge in [-0.05, 0) is 57.0 Å². The number of ether oxygens (including phenoxy) is 1. The van der Waals surface area contributed by atoms with Crippen LogP contribution in [0.2, 0.25) is 0 Å². The fourth-order valence-electron chi connectivity index (χ4n) is 3.56. The fourth-order valence-corrected chi connectivity index (χ4v) is 3.56. The summed E-state index contributed by atoms with van der Waals surface area (Å²) in [6.07, 6.45) is 0. The van der Waals surface area contributed by atoms with Crippen molar-refractivity contribution in [2.24, 2.45) is 0 Å². The van der Waals surface area contributed by atoms with E-state index in [2.05, 4.69) is 6.07 Å². The molecule has 5 nitrogen and oxygen atoms in total. The van der Waals surface area contributed by atoms with Gasteiger partial charge in [-0.25, -0.2) is 4.79 Å². The molecule has 0 bridgehead atoms. The molecule has 27 heavy (non-hydrogen) atoms. The number of carbonyl (C=O) groups is 1. The summed E-state index contributed by atoms with van der Waals surface area (Å²) in [5.74, 6) is -0.722. The molecule has 0 saturated heterocycles. The maximum absolute atomic E-state index is 13.1. The lowest BCUT2D eigenvalue weighted by molar-refractivity contribution is 0.0524. The molecule has 3 aromatic rings. The second kappa shape index (κ2) is 7.08. The minimum Gasteiger partial charge on any atom is -0.462 e. The average Bonchev–Trinajstić information content (AvgIpc) is 2.61. The SMILES string of the molecule is CCOC(=O)c1cc(C#N)c2cccc(-c3c(C)cc(C)cc3C)n2c1=O. The molecule has 0 radical (unpaired) electrons. The summed E-state index contributed by atoms with van der Waals surface area (Å²) in [6, 6.07) is 12.8. The molecule has 5 heteroatoms. The van der Waals surface area contributed by atoms with Gasteiger partial charge >= 0.3 is 5.97 Å². The van der Waals surface area contributed by atoms with Gasteiger partial charge in [0.2, 0.25) is 0 Å². The third-order valence-corrected chi connectivity index (χ3v) is 4.54. The minimum absolute atomic E-state index is 0.138. The molecule has 0 fully saturated rings. The van der Waals surface area contributed by atoms with Gasteiger partial charge in [0.1, 0.15) is 11.6 Å². The van der Waals surface area contributed by atoms with Gasteiger partial charge in [-0.1, -0.05) is 23.8 Å². The maximum atomic E-state index is 13.1. The number of benzene rings is 1. The van der Waals surface area contributed by atoms with Crippen LogP contribution >= 0.6 is 0 Å². The number of aromatic nitrogens is 1. The zero-order valence-corrected chi connectivity index (χ0v) is 15.8. The molecule has 0 spiro atoms. The van der Waals surface area contributed by atoms with Crippen LogP contribution in [0, 0.1) is 32.1 Å². The molecule has 0 saturated carbocycles. The fraction of sp³-hybridized carbons (Fsp3) is 0.227. The van der Waals surface area contributed by atoms with E-state index in [0.29, 0.717) is 11.2 Å². The van der Waals surface area contributed by atoms with Gasteiger partial charge in [0, 0.05) is 5.56 Å². The van der Waals surface area contributed by atoms with Gasteiger partial charge in [-0.15, -0.1) is 0 Å². The van der Waals surface area contributed by atoms with Crippen LogP contribution < -0.4 is 5.56 Å². The Labute approximate surface area is 157 Å². The average molecular weight is 360 g/mol. The predicted octanol–water partition coefficient (Wildman–Crippen LogP) is 3.94. The molecule has 0 unspecified atom stereocenters. The summed E-state index contributed by atoms with van der Waals surface area (Å²) in [7, 11) is 0. The highest BCUT2D eigenvalue weighted by atomic mass is 16.5. The summed E-state index contributed by atoms with van der Waals surface area (Å²) in [4.78, 5) is 25.4. The summed E-state index contributed by atoms with van der Waals surface area (Å²) >= 11 is 0. The Morgan fingerprint density at radius 1 is 1.15 bits per heavy atom. The number of carbonyl (C=O) groups excluding carboxylic acids is 1. The molecule has 0 aliphatic rings. The molecule has 0 N–H and O–H groups in total. The van der Waals surface area contributed by atoms with Gasteiger partial charge in [0.25, 0.3) is 5.56 Å². The Balaban J connectivity index is 2.47. The highest BCUT2D eigenvalue weighted by Crippen LogP contribution is 2.29. The van der Waals surface area contributed by atoms with Gasteiger partial charge in [0.05, 0.1) is 23.4 Å². The lowest BCUT2D eigenvalue weighted by Gasteiger charge is -2.16. The van der Waals surface area contributed by atoms with Gasteiger partial charge in [-0.3, -0.25) is 9.20 Å². The normalized spacial score (nSPS) is 10.6. The van der Waals surface area contributed by atoms with E-state index in [9.17, 15) is 14.9 Å². The molecule has 136 valence electrons. The molecule has 2 aromatic heterocycles. The van der Waals surface area contributed by atoms with Crippen LogP contribution in [0.25, 0.3) is 16.8 Å². The quantitative estimate of drug-likeness (QED) is 0.663. The molecule has 0 aliphatic carbocycles. The van der Waals surface area contributed by atoms with E-state index < -0.39 is 11.5 Å². The summed E-state index contributed by atoms with van der Waals surface area (Å²) in [5.41, 5.74) is 4.83. The third kappa shape index (κ3) is 3.11. The molecule has 0 atom stereocenters. The lowest BCUT2D eigenvalue weighted by atomic mass is 9.96. The smallest absolute Gasteiger partial charge is 0.343 e. The molecule has 2 heterocycles. The molecule has 1 aromatic carbocycles. The van der Waals surface area contributed by atoms with Gasteiger partial charge in [-0.2, -0.15) is 5.26 Å². The first-order chi connectivity index (χ1) is 12.9. The van der Waals surface area contributed by atoms with Crippen LogP contribution in [0.1, 0.15) is 39.5 Å². The van der Waals surface area contributed by atoms with Crippen molar-refractivity contribution in [2.45, 2.75) is 27.7 Å². The summed E-state index contributed by atoms with van der Waals surface area (Å²) in [5, 5.41) is 9.55. The number of nitriles is 1. The van der Waals surface area contributed by atoms with Crippen molar-refractivity contribution in [3.05, 3.63) is 74.6 Å². The van der Waals surface area contributed by atoms with E-state index in [1.807, 2.05) is 45.0 Å². The van der Waals surface area contributed by atoms with Gasteiger partial charge in [0.15, 0.2) is 0 Å². The van der Waals surface area contributed by atoms with E-state index in [1.54, 1.807) is 13.0 Å². The number of pyridine rings is 2. The van der Waals surface area contributed by atoms with Crippen LogP contribution in [0.5, 0.6) is 0 Å². The second-order valence-corrected chi connectivity index (χ2v) is 6.51. The third-order valence-electron chi connectivity index (χ3n) is 4.54. The van der Waals surface area contributed by atoms with Gasteiger partial charge < -0.3 is 4.74 Å². The van der Waals surface area contributed by atoms with Crippen molar-refractivity contribution < 1.29 is 9.53 Å². The molecule has 3 rings (SSSR count). The van der Waals surface area contributed by atoms with E-state index in [4.69, 9.17) is 4.74 Å². The topological polar surface area (TPSA) is 71.6 Å². The first-order valence-corrected chi connectivity index (χ1v) is 8.73. The lowest BCUT2D eigenvalue weighted by Crippen LogP contribution is -2.25. The molecular weight excluding hydrogens is 340 g/mol. The van der Waals surface area contributed by atoms with E-state index >= 15 is 0 Å². The van der Waals surface area contributed by atoms with E-state index in [1.165, 1.54) is 10.5 Å². The van der Waals surface area contributed by atoms with Crippen molar-refractivity contribution in [3.63, 3.8) is 0 Å². The Hall–Kier alpha value is -3.39. The molecule has 0 aliphatic heterocycles. The number of esters is 1. The van der Waals surface area contributed by atoms with Crippen LogP contribution in [-0.4, -0.2) is 17.0 Å². The largest absolute Gasteiger partial charge is 0.462 e. The maximum Gasteiger partial charge on any atom is 0.343 e. The van der Waals surface area contributed by atoms with Crippen molar-refractivity contribution in [2.75, 3.05) is 6.61 Å². The standard InChI is InChI=1S/C22H20N2O3/c1-5-27-22(26)17-11-16(12-23)18-7-6-8-19(24(18)21(17)25)20-14(3)9-13(2)10-15(20)4/h6-11H,5H2,1-4H3. The van der Waals surface area contributed by atoms with Crippen molar-refractivity contribution in [1.29, 1.82) is 5.26 Å². The number of nitrogens with zero attached hydrogens (tertiary/aromatic N) is 2. The number of hydrogen-bond donors (Lipinski definition) is 0. The number of rotatable bonds is 3. The first-order valence-electron chi connectivity index (χ1n) is 8.73. The van der Waals surface area contributed by atoms with Crippen LogP contribution in [0.15, 0.2) is 41.2 Å². The van der Waals surface area contributed by atoms with Crippen molar-refractivity contribution >= 4 is 11.5 Å². The summed E-state index contributed by atoms with van der Waals surface area (Å²) < 4.78 is 6.44. The second-order valence-electron chi connectivity index (χ2n) is 6.51. The van der Waals surface area contributed by atoms with Crippen molar-refractivity contribution in [1.82, 2.24) is 4.40 Å². The Kier molecular flexibility index (Phi) is 4.83. The number of hydrogen-bond acceptors (Lipinski definition) is 4. The zero-order chi connectivity index (χ0) is 19.7. The Morgan fingerprint density at radius 3 is 2.41 bits per heavy atom. The Bertz CT molecular complexity index is 1140. The Morgan fingerprint density at radius 2 is 1.81 bits per heavy atom. The summed E-state index contributed by atoms with van der Waals surface area (Å²) in [6.45, 7) is 7.82. The van der Waals surface area contributed by atoms with Crippen molar-refractivity contribution in [3.8, 4) is 17.3 Å². The predicted molar refractivity (Wildman–Crippen MR) is 104 cm³/mol. The van der Waals surface area contributed by atoms with Crippen LogP contribution in [-0.2, 0) is 4.74 Å². The van der Waals surface area contributed by atoms with Crippen LogP contribution in [0.3, 0.4) is 0 Å². The van der Waals surface area contributed by atoms with E-state index in [0.717, 1.165) is 22.3 Å². The molecule has 0 amide bonds. The highest BCUT2D eigenvalue weighted by molar-refractivity contribution is 5.91. The monoisotopic (exact) mass is 360 g/mol. The number of fused-ring (bicyclic) bond motifs is 1. The zero-order valence-electron chi connectivity index (χ0n) is 15.8.